The molecule has 0 radical (unpaired) electrons. The third kappa shape index (κ3) is 5.04. The summed E-state index contributed by atoms with van der Waals surface area (Å²) in [7, 11) is 3.50. The Morgan fingerprint density at radius 3 is 2.46 bits per heavy atom. The van der Waals surface area contributed by atoms with Crippen LogP contribution in [-0.2, 0) is 19.1 Å². The molecule has 130 valence electrons. The molecule has 1 aromatic carbocycles. The van der Waals surface area contributed by atoms with Crippen molar-refractivity contribution in [3.63, 3.8) is 0 Å². The molecule has 0 saturated heterocycles. The molecule has 4 nitrogen and oxygen atoms in total. The van der Waals surface area contributed by atoms with E-state index in [0.29, 0.717) is 19.0 Å². The number of halogens is 3. The van der Waals surface area contributed by atoms with E-state index >= 15 is 0 Å². The number of rotatable bonds is 5. The van der Waals surface area contributed by atoms with Gasteiger partial charge in [-0.15, -0.1) is 0 Å². The second kappa shape index (κ2) is 7.90. The number of hydrogen-bond acceptors (Lipinski definition) is 2. The molecule has 0 aliphatic rings. The van der Waals surface area contributed by atoms with Gasteiger partial charge in [0.05, 0.1) is 11.8 Å². The van der Waals surface area contributed by atoms with Gasteiger partial charge in [-0.05, 0) is 29.8 Å². The van der Waals surface area contributed by atoms with Gasteiger partial charge in [-0.3, -0.25) is 4.99 Å². The molecule has 0 saturated carbocycles. The largest absolute Gasteiger partial charge is 0.469 e. The first-order valence-corrected chi connectivity index (χ1v) is 7.50. The Hall–Kier alpha value is -2.44. The fourth-order valence-corrected chi connectivity index (χ4v) is 2.28. The van der Waals surface area contributed by atoms with Gasteiger partial charge in [-0.2, -0.15) is 13.2 Å². The van der Waals surface area contributed by atoms with Crippen molar-refractivity contribution in [1.29, 1.82) is 0 Å². The van der Waals surface area contributed by atoms with E-state index in [1.54, 1.807) is 13.3 Å². The Labute approximate surface area is 139 Å². The molecule has 0 fully saturated rings. The van der Waals surface area contributed by atoms with Gasteiger partial charge in [-0.25, -0.2) is 0 Å². The van der Waals surface area contributed by atoms with Gasteiger partial charge < -0.3 is 14.6 Å². The molecule has 2 aromatic rings. The van der Waals surface area contributed by atoms with Crippen molar-refractivity contribution in [3.05, 3.63) is 59.5 Å². The van der Waals surface area contributed by atoms with Crippen molar-refractivity contribution in [3.8, 4) is 0 Å². The van der Waals surface area contributed by atoms with Gasteiger partial charge in [0.2, 0.25) is 0 Å². The predicted octanol–water partition coefficient (Wildman–Crippen LogP) is 3.55. The minimum absolute atomic E-state index is 0.457. The van der Waals surface area contributed by atoms with Crippen molar-refractivity contribution >= 4 is 5.96 Å². The number of guanidine groups is 1. The summed E-state index contributed by atoms with van der Waals surface area (Å²) in [5, 5.41) is 3.20. The Morgan fingerprint density at radius 1 is 1.21 bits per heavy atom. The molecular weight excluding hydrogens is 319 g/mol. The lowest BCUT2D eigenvalue weighted by molar-refractivity contribution is -0.137. The van der Waals surface area contributed by atoms with Crippen LogP contribution in [0.3, 0.4) is 0 Å². The van der Waals surface area contributed by atoms with Crippen molar-refractivity contribution in [2.75, 3.05) is 20.6 Å². The van der Waals surface area contributed by atoms with Crippen LogP contribution in [0.4, 0.5) is 13.2 Å². The van der Waals surface area contributed by atoms with Crippen LogP contribution in [-0.4, -0.2) is 31.5 Å². The Kier molecular flexibility index (Phi) is 5.89. The van der Waals surface area contributed by atoms with Crippen molar-refractivity contribution < 1.29 is 17.6 Å². The first-order valence-electron chi connectivity index (χ1n) is 7.50. The molecule has 24 heavy (non-hydrogen) atoms. The topological polar surface area (TPSA) is 40.8 Å². The van der Waals surface area contributed by atoms with Gasteiger partial charge in [0.15, 0.2) is 5.96 Å². The minimum atomic E-state index is -4.31. The highest BCUT2D eigenvalue weighted by Crippen LogP contribution is 2.29. The summed E-state index contributed by atoms with van der Waals surface area (Å²) in [5.41, 5.74) is 0.134. The van der Waals surface area contributed by atoms with E-state index in [9.17, 15) is 13.2 Å². The molecule has 0 unspecified atom stereocenters. The number of nitrogens with one attached hydrogen (secondary N) is 1. The lowest BCUT2D eigenvalue weighted by Crippen LogP contribution is -2.39. The number of aliphatic imine (C=N–C) groups is 1. The number of alkyl halides is 3. The van der Waals surface area contributed by atoms with Gasteiger partial charge in [-0.1, -0.05) is 12.1 Å². The Bertz CT molecular complexity index is 649. The number of nitrogens with zero attached hydrogens (tertiary/aromatic N) is 2. The van der Waals surface area contributed by atoms with Gasteiger partial charge in [0.1, 0.15) is 5.76 Å². The van der Waals surface area contributed by atoms with Crippen LogP contribution in [0.2, 0.25) is 0 Å². The van der Waals surface area contributed by atoms with E-state index < -0.39 is 11.7 Å². The van der Waals surface area contributed by atoms with Crippen LogP contribution in [0.1, 0.15) is 16.9 Å². The van der Waals surface area contributed by atoms with Gasteiger partial charge in [0, 0.05) is 33.6 Å². The maximum atomic E-state index is 12.6. The summed E-state index contributed by atoms with van der Waals surface area (Å²) in [6, 6.07) is 8.88. The number of benzene rings is 1. The van der Waals surface area contributed by atoms with Crippen LogP contribution >= 0.6 is 0 Å². The molecule has 1 heterocycles. The SMILES string of the molecule is CN=C(NCCc1ccco1)N(C)Cc1ccc(C(F)(F)F)cc1. The predicted molar refractivity (Wildman–Crippen MR) is 86.7 cm³/mol. The fraction of sp³-hybridized carbons (Fsp3) is 0.353. The van der Waals surface area contributed by atoms with E-state index in [0.717, 1.165) is 29.9 Å². The van der Waals surface area contributed by atoms with Crippen molar-refractivity contribution in [2.24, 2.45) is 4.99 Å². The van der Waals surface area contributed by atoms with E-state index in [2.05, 4.69) is 10.3 Å². The zero-order valence-corrected chi connectivity index (χ0v) is 13.6. The van der Waals surface area contributed by atoms with Crippen LogP contribution in [0.15, 0.2) is 52.1 Å². The third-order valence-corrected chi connectivity index (χ3v) is 3.51. The summed E-state index contributed by atoms with van der Waals surface area (Å²) in [5.74, 6) is 1.55. The zero-order chi connectivity index (χ0) is 17.6. The lowest BCUT2D eigenvalue weighted by Gasteiger charge is -2.22. The smallest absolute Gasteiger partial charge is 0.416 e. The molecule has 7 heteroatoms. The Morgan fingerprint density at radius 2 is 1.92 bits per heavy atom. The molecule has 0 aliphatic carbocycles. The first-order chi connectivity index (χ1) is 11.4. The monoisotopic (exact) mass is 339 g/mol. The van der Waals surface area contributed by atoms with Crippen molar-refractivity contribution in [1.82, 2.24) is 10.2 Å². The molecule has 0 aliphatic heterocycles. The van der Waals surface area contributed by atoms with E-state index in [1.165, 1.54) is 12.1 Å². The molecule has 0 atom stereocenters. The lowest BCUT2D eigenvalue weighted by atomic mass is 10.1. The van der Waals surface area contributed by atoms with E-state index in [1.807, 2.05) is 24.1 Å². The maximum Gasteiger partial charge on any atom is 0.416 e. The van der Waals surface area contributed by atoms with Crippen LogP contribution in [0.25, 0.3) is 0 Å². The third-order valence-electron chi connectivity index (χ3n) is 3.51. The number of furan rings is 1. The molecule has 1 N–H and O–H groups in total. The van der Waals surface area contributed by atoms with Crippen molar-refractivity contribution in [2.45, 2.75) is 19.1 Å². The van der Waals surface area contributed by atoms with Crippen LogP contribution < -0.4 is 5.32 Å². The van der Waals surface area contributed by atoms with Crippen LogP contribution in [0, 0.1) is 0 Å². The summed E-state index contributed by atoms with van der Waals surface area (Å²) in [4.78, 5) is 6.03. The highest BCUT2D eigenvalue weighted by atomic mass is 19.4. The highest BCUT2D eigenvalue weighted by molar-refractivity contribution is 5.79. The summed E-state index contributed by atoms with van der Waals surface area (Å²) in [6.45, 7) is 1.11. The molecule has 0 spiro atoms. The normalized spacial score (nSPS) is 12.3. The zero-order valence-electron chi connectivity index (χ0n) is 13.6. The second-order valence-corrected chi connectivity index (χ2v) is 5.35. The van der Waals surface area contributed by atoms with E-state index in [4.69, 9.17) is 4.42 Å². The molecule has 1 aromatic heterocycles. The summed E-state index contributed by atoms with van der Waals surface area (Å²) in [6.07, 6.45) is -1.96. The highest BCUT2D eigenvalue weighted by Gasteiger charge is 2.29. The second-order valence-electron chi connectivity index (χ2n) is 5.35. The molecule has 0 amide bonds. The number of hydrogen-bond donors (Lipinski definition) is 1. The minimum Gasteiger partial charge on any atom is -0.469 e. The molecular formula is C17H20F3N3O. The molecule has 0 bridgehead atoms. The van der Waals surface area contributed by atoms with Gasteiger partial charge in [0.25, 0.3) is 0 Å². The standard InChI is InChI=1S/C17H20F3N3O/c1-21-16(22-10-9-15-4-3-11-24-15)23(2)12-13-5-7-14(8-6-13)17(18,19)20/h3-8,11H,9-10,12H2,1-2H3,(H,21,22). The Balaban J connectivity index is 1.88. The fourth-order valence-electron chi connectivity index (χ4n) is 2.28. The van der Waals surface area contributed by atoms with Crippen LogP contribution in [0.5, 0.6) is 0 Å². The quantitative estimate of drug-likeness (QED) is 0.669. The first kappa shape index (κ1) is 17.9. The molecule has 2 rings (SSSR count). The summed E-state index contributed by atoms with van der Waals surface area (Å²) < 4.78 is 43.0. The summed E-state index contributed by atoms with van der Waals surface area (Å²) >= 11 is 0. The average molecular weight is 339 g/mol. The average Bonchev–Trinajstić information content (AvgIpc) is 3.04. The maximum absolute atomic E-state index is 12.6. The van der Waals surface area contributed by atoms with Gasteiger partial charge >= 0.3 is 6.18 Å². The van der Waals surface area contributed by atoms with E-state index in [-0.39, 0.29) is 0 Å².